The van der Waals surface area contributed by atoms with Crippen LogP contribution in [0.3, 0.4) is 0 Å². The van der Waals surface area contributed by atoms with E-state index in [4.69, 9.17) is 0 Å². The number of nitrogens with one attached hydrogen (secondary N) is 1. The number of nitrogens with zero attached hydrogens (tertiary/aromatic N) is 2. The minimum atomic E-state index is -0.0531. The van der Waals surface area contributed by atoms with Gasteiger partial charge < -0.3 is 5.32 Å². The second-order valence-corrected chi connectivity index (χ2v) is 6.81. The summed E-state index contributed by atoms with van der Waals surface area (Å²) in [7, 11) is 0. The molecular weight excluding hydrogens is 262 g/mol. The maximum absolute atomic E-state index is 12.4. The highest BCUT2D eigenvalue weighted by molar-refractivity contribution is 5.92. The summed E-state index contributed by atoms with van der Waals surface area (Å²) in [6.45, 7) is 4.46. The van der Waals surface area contributed by atoms with Crippen molar-refractivity contribution in [1.29, 1.82) is 0 Å². The SMILES string of the molecule is CC1CCC(NC(=O)c2cnc3c(n2)C(C)CCC3)CC1. The lowest BCUT2D eigenvalue weighted by Gasteiger charge is -2.27. The fraction of sp³-hybridized carbons (Fsp3) is 0.706. The van der Waals surface area contributed by atoms with Crippen molar-refractivity contribution in [2.75, 3.05) is 0 Å². The van der Waals surface area contributed by atoms with Crippen LogP contribution in [-0.4, -0.2) is 21.9 Å². The van der Waals surface area contributed by atoms with Gasteiger partial charge in [0, 0.05) is 12.0 Å². The van der Waals surface area contributed by atoms with Gasteiger partial charge in [-0.15, -0.1) is 0 Å². The van der Waals surface area contributed by atoms with E-state index >= 15 is 0 Å². The average Bonchev–Trinajstić information content (AvgIpc) is 2.50. The fourth-order valence-corrected chi connectivity index (χ4v) is 3.50. The summed E-state index contributed by atoms with van der Waals surface area (Å²) < 4.78 is 0. The lowest BCUT2D eigenvalue weighted by molar-refractivity contribution is 0.0917. The van der Waals surface area contributed by atoms with Crippen LogP contribution in [0, 0.1) is 5.92 Å². The van der Waals surface area contributed by atoms with Crippen molar-refractivity contribution in [1.82, 2.24) is 15.3 Å². The van der Waals surface area contributed by atoms with E-state index in [0.29, 0.717) is 17.7 Å². The third-order valence-corrected chi connectivity index (χ3v) is 4.98. The Morgan fingerprint density at radius 1 is 1.19 bits per heavy atom. The number of fused-ring (bicyclic) bond motifs is 1. The quantitative estimate of drug-likeness (QED) is 0.908. The van der Waals surface area contributed by atoms with Crippen molar-refractivity contribution < 1.29 is 4.79 Å². The minimum Gasteiger partial charge on any atom is -0.348 e. The van der Waals surface area contributed by atoms with Crippen LogP contribution in [-0.2, 0) is 6.42 Å². The van der Waals surface area contributed by atoms with Gasteiger partial charge in [0.15, 0.2) is 0 Å². The molecule has 0 radical (unpaired) electrons. The second kappa shape index (κ2) is 6.12. The predicted octanol–water partition coefficient (Wildman–Crippen LogP) is 3.22. The Morgan fingerprint density at radius 3 is 2.71 bits per heavy atom. The van der Waals surface area contributed by atoms with E-state index in [1.54, 1.807) is 6.20 Å². The number of rotatable bonds is 2. The van der Waals surface area contributed by atoms with Gasteiger partial charge in [0.1, 0.15) is 5.69 Å². The highest BCUT2D eigenvalue weighted by Gasteiger charge is 2.23. The van der Waals surface area contributed by atoms with Crippen molar-refractivity contribution in [2.24, 2.45) is 5.92 Å². The van der Waals surface area contributed by atoms with Crippen molar-refractivity contribution in [2.45, 2.75) is 70.8 Å². The van der Waals surface area contributed by atoms with E-state index in [-0.39, 0.29) is 5.91 Å². The summed E-state index contributed by atoms with van der Waals surface area (Å²) in [5, 5.41) is 3.14. The topological polar surface area (TPSA) is 54.9 Å². The van der Waals surface area contributed by atoms with E-state index in [1.807, 2.05) is 0 Å². The molecule has 0 aromatic carbocycles. The summed E-state index contributed by atoms with van der Waals surface area (Å²) in [6, 6.07) is 0.309. The molecule has 1 N–H and O–H groups in total. The van der Waals surface area contributed by atoms with Gasteiger partial charge in [0.2, 0.25) is 0 Å². The number of amides is 1. The molecule has 1 heterocycles. The molecule has 1 aromatic heterocycles. The monoisotopic (exact) mass is 287 g/mol. The van der Waals surface area contributed by atoms with Crippen LogP contribution in [0.2, 0.25) is 0 Å². The maximum Gasteiger partial charge on any atom is 0.271 e. The molecule has 2 aliphatic rings. The summed E-state index contributed by atoms with van der Waals surface area (Å²) in [4.78, 5) is 21.4. The Kier molecular flexibility index (Phi) is 4.22. The third kappa shape index (κ3) is 3.25. The molecule has 1 amide bonds. The van der Waals surface area contributed by atoms with Gasteiger partial charge in [-0.2, -0.15) is 0 Å². The zero-order valence-corrected chi connectivity index (χ0v) is 13.1. The number of hydrogen-bond acceptors (Lipinski definition) is 3. The Balaban J connectivity index is 1.69. The normalized spacial score (nSPS) is 28.8. The Hall–Kier alpha value is -1.45. The van der Waals surface area contributed by atoms with Gasteiger partial charge in [-0.3, -0.25) is 9.78 Å². The molecule has 1 atom stereocenters. The molecule has 1 unspecified atom stereocenters. The molecule has 21 heavy (non-hydrogen) atoms. The molecule has 1 fully saturated rings. The number of aryl methyl sites for hydroxylation is 1. The maximum atomic E-state index is 12.4. The van der Waals surface area contributed by atoms with E-state index in [2.05, 4.69) is 29.1 Å². The number of carbonyl (C=O) groups is 1. The highest BCUT2D eigenvalue weighted by Crippen LogP contribution is 2.28. The van der Waals surface area contributed by atoms with Gasteiger partial charge in [-0.1, -0.05) is 13.8 Å². The van der Waals surface area contributed by atoms with Crippen molar-refractivity contribution in [3.63, 3.8) is 0 Å². The van der Waals surface area contributed by atoms with E-state index in [9.17, 15) is 4.79 Å². The van der Waals surface area contributed by atoms with Crippen LogP contribution >= 0.6 is 0 Å². The lowest BCUT2D eigenvalue weighted by atomic mass is 9.87. The molecule has 3 rings (SSSR count). The molecule has 0 saturated heterocycles. The molecule has 114 valence electrons. The van der Waals surface area contributed by atoms with Gasteiger partial charge in [-0.25, -0.2) is 4.98 Å². The van der Waals surface area contributed by atoms with Crippen molar-refractivity contribution >= 4 is 5.91 Å². The highest BCUT2D eigenvalue weighted by atomic mass is 16.1. The summed E-state index contributed by atoms with van der Waals surface area (Å²) in [5.41, 5.74) is 2.60. The van der Waals surface area contributed by atoms with Crippen LogP contribution in [0.25, 0.3) is 0 Å². The van der Waals surface area contributed by atoms with Gasteiger partial charge in [-0.05, 0) is 50.9 Å². The van der Waals surface area contributed by atoms with Crippen molar-refractivity contribution in [3.05, 3.63) is 23.3 Å². The van der Waals surface area contributed by atoms with Crippen LogP contribution < -0.4 is 5.32 Å². The largest absolute Gasteiger partial charge is 0.348 e. The average molecular weight is 287 g/mol. The molecule has 1 saturated carbocycles. The zero-order valence-electron chi connectivity index (χ0n) is 13.1. The Morgan fingerprint density at radius 2 is 1.95 bits per heavy atom. The van der Waals surface area contributed by atoms with Gasteiger partial charge in [0.25, 0.3) is 5.91 Å². The molecule has 4 heteroatoms. The molecule has 4 nitrogen and oxygen atoms in total. The molecule has 0 bridgehead atoms. The van der Waals surface area contributed by atoms with Crippen molar-refractivity contribution in [3.8, 4) is 0 Å². The van der Waals surface area contributed by atoms with Crippen LogP contribution in [0.5, 0.6) is 0 Å². The molecule has 2 aliphatic carbocycles. The third-order valence-electron chi connectivity index (χ3n) is 4.98. The molecule has 0 aliphatic heterocycles. The molecule has 1 aromatic rings. The van der Waals surface area contributed by atoms with Crippen LogP contribution in [0.1, 0.15) is 80.2 Å². The predicted molar refractivity (Wildman–Crippen MR) is 82.3 cm³/mol. The molecular formula is C17H25N3O. The fourth-order valence-electron chi connectivity index (χ4n) is 3.50. The number of hydrogen-bond donors (Lipinski definition) is 1. The summed E-state index contributed by atoms with van der Waals surface area (Å²) in [5.74, 6) is 1.16. The minimum absolute atomic E-state index is 0.0531. The van der Waals surface area contributed by atoms with E-state index < -0.39 is 0 Å². The van der Waals surface area contributed by atoms with E-state index in [1.165, 1.54) is 19.3 Å². The van der Waals surface area contributed by atoms with Crippen LogP contribution in [0.15, 0.2) is 6.20 Å². The first kappa shape index (κ1) is 14.5. The Labute approximate surface area is 126 Å². The first-order valence-corrected chi connectivity index (χ1v) is 8.30. The smallest absolute Gasteiger partial charge is 0.271 e. The molecule has 0 spiro atoms. The summed E-state index contributed by atoms with van der Waals surface area (Å²) in [6.07, 6.45) is 9.55. The zero-order chi connectivity index (χ0) is 14.8. The number of carbonyl (C=O) groups excluding carboxylic acids is 1. The Bertz CT molecular complexity index is 521. The first-order chi connectivity index (χ1) is 10.1. The van der Waals surface area contributed by atoms with Crippen LogP contribution in [0.4, 0.5) is 0 Å². The standard InChI is InChI=1S/C17H25N3O/c1-11-6-8-13(9-7-11)19-17(21)15-10-18-14-5-3-4-12(2)16(14)20-15/h10-13H,3-9H2,1-2H3,(H,19,21). The first-order valence-electron chi connectivity index (χ1n) is 8.30. The van der Waals surface area contributed by atoms with E-state index in [0.717, 1.165) is 43.0 Å². The lowest BCUT2D eigenvalue weighted by Crippen LogP contribution is -2.38. The second-order valence-electron chi connectivity index (χ2n) is 6.81. The number of aromatic nitrogens is 2. The van der Waals surface area contributed by atoms with Gasteiger partial charge in [0.05, 0.1) is 17.6 Å². The van der Waals surface area contributed by atoms with Gasteiger partial charge >= 0.3 is 0 Å². The summed E-state index contributed by atoms with van der Waals surface area (Å²) >= 11 is 0.